The molecule has 2 aliphatic heterocycles. The Hall–Kier alpha value is -3.59. The number of nitrogens with zero attached hydrogens (tertiary/aromatic N) is 1. The first-order valence-electron chi connectivity index (χ1n) is 14.9. The van der Waals surface area contributed by atoms with E-state index in [4.69, 9.17) is 14.0 Å². The van der Waals surface area contributed by atoms with Crippen molar-refractivity contribution in [2.45, 2.75) is 44.8 Å². The number of anilines is 1. The maximum Gasteiger partial charge on any atom is 0.492 e. The van der Waals surface area contributed by atoms with Crippen LogP contribution in [0.4, 0.5) is 10.5 Å². The molecule has 6 rings (SSSR count). The zero-order chi connectivity index (χ0) is 29.3. The van der Waals surface area contributed by atoms with E-state index in [1.54, 1.807) is 0 Å². The lowest BCUT2D eigenvalue weighted by Crippen LogP contribution is -2.43. The van der Waals surface area contributed by atoms with Crippen LogP contribution >= 0.6 is 0 Å². The van der Waals surface area contributed by atoms with Crippen molar-refractivity contribution in [3.05, 3.63) is 95.0 Å². The molecule has 2 N–H and O–H groups in total. The molecule has 2 heterocycles. The molecule has 218 valence electrons. The molecule has 0 aromatic heterocycles. The molecule has 2 fully saturated rings. The SMILES string of the molecule is CC1(C)OB(C(=Cc2cccc(N3CCNCC3)c2)CNC(=O)OCC2c3ccccc3-c3ccccc32)OC1(C)C. The van der Waals surface area contributed by atoms with Crippen LogP contribution in [-0.4, -0.2) is 63.7 Å². The molecule has 42 heavy (non-hydrogen) atoms. The largest absolute Gasteiger partial charge is 0.492 e. The quantitative estimate of drug-likeness (QED) is 0.361. The van der Waals surface area contributed by atoms with Crippen LogP contribution < -0.4 is 15.5 Å². The monoisotopic (exact) mass is 565 g/mol. The predicted octanol–water partition coefficient (Wildman–Crippen LogP) is 5.65. The number of amides is 1. The average Bonchev–Trinajstić information content (AvgIpc) is 3.43. The summed E-state index contributed by atoms with van der Waals surface area (Å²) in [7, 11) is -0.591. The molecule has 8 heteroatoms. The fourth-order valence-electron chi connectivity index (χ4n) is 5.97. The van der Waals surface area contributed by atoms with Crippen LogP contribution in [0.2, 0.25) is 0 Å². The summed E-state index contributed by atoms with van der Waals surface area (Å²) >= 11 is 0. The molecule has 0 spiro atoms. The van der Waals surface area contributed by atoms with Crippen molar-refractivity contribution >= 4 is 25.0 Å². The average molecular weight is 566 g/mol. The molecular formula is C34H40BN3O4. The van der Waals surface area contributed by atoms with Gasteiger partial charge < -0.3 is 29.6 Å². The highest BCUT2D eigenvalue weighted by molar-refractivity contribution is 6.56. The van der Waals surface area contributed by atoms with Gasteiger partial charge >= 0.3 is 13.2 Å². The van der Waals surface area contributed by atoms with Crippen molar-refractivity contribution in [1.82, 2.24) is 10.6 Å². The summed E-state index contributed by atoms with van der Waals surface area (Å²) < 4.78 is 18.6. The molecule has 2 saturated heterocycles. The van der Waals surface area contributed by atoms with Gasteiger partial charge in [0.2, 0.25) is 0 Å². The number of piperazine rings is 1. The van der Waals surface area contributed by atoms with E-state index in [-0.39, 0.29) is 19.1 Å². The first-order chi connectivity index (χ1) is 20.2. The maximum absolute atomic E-state index is 13.1. The Balaban J connectivity index is 1.17. The third-order valence-electron chi connectivity index (χ3n) is 9.04. The summed E-state index contributed by atoms with van der Waals surface area (Å²) in [5.74, 6) is 0.00832. The third kappa shape index (κ3) is 5.71. The first-order valence-corrected chi connectivity index (χ1v) is 14.9. The molecule has 7 nitrogen and oxygen atoms in total. The van der Waals surface area contributed by atoms with Gasteiger partial charge in [0.25, 0.3) is 0 Å². The van der Waals surface area contributed by atoms with Crippen molar-refractivity contribution in [1.29, 1.82) is 0 Å². The van der Waals surface area contributed by atoms with Gasteiger partial charge in [0, 0.05) is 44.3 Å². The number of benzene rings is 3. The van der Waals surface area contributed by atoms with E-state index < -0.39 is 24.4 Å². The van der Waals surface area contributed by atoms with Crippen LogP contribution in [0.25, 0.3) is 17.2 Å². The molecule has 0 atom stereocenters. The van der Waals surface area contributed by atoms with Crippen molar-refractivity contribution in [2.24, 2.45) is 0 Å². The van der Waals surface area contributed by atoms with E-state index in [1.165, 1.54) is 27.9 Å². The zero-order valence-corrected chi connectivity index (χ0v) is 25.0. The van der Waals surface area contributed by atoms with Crippen LogP contribution in [0.5, 0.6) is 0 Å². The minimum absolute atomic E-state index is 0.00832. The molecule has 0 unspecified atom stereocenters. The van der Waals surface area contributed by atoms with Gasteiger partial charge in [0.1, 0.15) is 6.61 Å². The van der Waals surface area contributed by atoms with Crippen molar-refractivity contribution in [3.8, 4) is 11.1 Å². The van der Waals surface area contributed by atoms with E-state index in [2.05, 4.69) is 82.3 Å². The lowest BCUT2D eigenvalue weighted by atomic mass is 9.77. The topological polar surface area (TPSA) is 72.1 Å². The number of nitrogens with one attached hydrogen (secondary N) is 2. The molecule has 0 saturated carbocycles. The molecule has 3 aromatic rings. The fraction of sp³-hybridized carbons (Fsp3) is 0.382. The molecule has 1 amide bonds. The van der Waals surface area contributed by atoms with Gasteiger partial charge in [-0.2, -0.15) is 0 Å². The van der Waals surface area contributed by atoms with Gasteiger partial charge in [-0.25, -0.2) is 4.79 Å². The van der Waals surface area contributed by atoms with E-state index in [0.717, 1.165) is 37.2 Å². The second-order valence-corrected chi connectivity index (χ2v) is 12.3. The number of hydrogen-bond acceptors (Lipinski definition) is 6. The van der Waals surface area contributed by atoms with Crippen LogP contribution in [-0.2, 0) is 14.0 Å². The Morgan fingerprint density at radius 3 is 2.21 bits per heavy atom. The predicted molar refractivity (Wildman–Crippen MR) is 169 cm³/mol. The summed E-state index contributed by atoms with van der Waals surface area (Å²) in [5, 5.41) is 6.39. The van der Waals surface area contributed by atoms with E-state index >= 15 is 0 Å². The molecular weight excluding hydrogens is 525 g/mol. The highest BCUT2D eigenvalue weighted by Crippen LogP contribution is 2.44. The Morgan fingerprint density at radius 1 is 0.952 bits per heavy atom. The summed E-state index contributed by atoms with van der Waals surface area (Å²) in [5.41, 5.74) is 6.84. The smallest absolute Gasteiger partial charge is 0.449 e. The van der Waals surface area contributed by atoms with E-state index in [1.807, 2.05) is 39.8 Å². The number of alkyl carbamates (subject to hydrolysis) is 1. The Labute approximate surface area is 249 Å². The Kier molecular flexibility index (Phi) is 7.88. The lowest BCUT2D eigenvalue weighted by Gasteiger charge is -2.32. The van der Waals surface area contributed by atoms with Gasteiger partial charge in [-0.05, 0) is 73.1 Å². The highest BCUT2D eigenvalue weighted by atomic mass is 16.7. The number of rotatable bonds is 7. The highest BCUT2D eigenvalue weighted by Gasteiger charge is 2.52. The van der Waals surface area contributed by atoms with E-state index in [0.29, 0.717) is 0 Å². The summed E-state index contributed by atoms with van der Waals surface area (Å²) in [6, 6.07) is 25.2. The summed E-state index contributed by atoms with van der Waals surface area (Å²) in [6.07, 6.45) is 1.60. The van der Waals surface area contributed by atoms with Crippen LogP contribution in [0.3, 0.4) is 0 Å². The molecule has 0 bridgehead atoms. The summed E-state index contributed by atoms with van der Waals surface area (Å²) in [6.45, 7) is 12.5. The van der Waals surface area contributed by atoms with Gasteiger partial charge in [0.05, 0.1) is 11.2 Å². The van der Waals surface area contributed by atoms with Gasteiger partial charge in [0.15, 0.2) is 0 Å². The fourth-order valence-corrected chi connectivity index (χ4v) is 5.97. The second kappa shape index (κ2) is 11.6. The minimum Gasteiger partial charge on any atom is -0.449 e. The van der Waals surface area contributed by atoms with Crippen LogP contribution in [0, 0.1) is 0 Å². The first kappa shape index (κ1) is 28.5. The molecule has 3 aromatic carbocycles. The number of carbonyl (C=O) groups is 1. The van der Waals surface area contributed by atoms with E-state index in [9.17, 15) is 4.79 Å². The summed E-state index contributed by atoms with van der Waals surface area (Å²) in [4.78, 5) is 15.4. The number of carbonyl (C=O) groups excluding carboxylic acids is 1. The molecule has 1 aliphatic carbocycles. The van der Waals surface area contributed by atoms with Crippen molar-refractivity contribution < 1.29 is 18.8 Å². The van der Waals surface area contributed by atoms with Crippen molar-refractivity contribution in [3.63, 3.8) is 0 Å². The Bertz CT molecular complexity index is 1420. The number of ether oxygens (including phenoxy) is 1. The maximum atomic E-state index is 13.1. The normalized spacial score (nSPS) is 19.4. The van der Waals surface area contributed by atoms with Crippen LogP contribution in [0.1, 0.15) is 50.3 Å². The molecule has 0 radical (unpaired) electrons. The zero-order valence-electron chi connectivity index (χ0n) is 25.0. The van der Waals surface area contributed by atoms with Gasteiger partial charge in [-0.15, -0.1) is 0 Å². The second-order valence-electron chi connectivity index (χ2n) is 12.3. The molecule has 3 aliphatic rings. The number of fused-ring (bicyclic) bond motifs is 3. The third-order valence-corrected chi connectivity index (χ3v) is 9.04. The minimum atomic E-state index is -0.591. The standard InChI is InChI=1S/C34H40BN3O4/c1-33(2)34(3,4)42-35(41-33)25(20-24-10-9-11-26(21-24)38-18-16-36-17-19-38)22-37-32(39)40-23-31-29-14-7-5-12-27(29)28-13-6-8-15-30(28)31/h5-15,20-21,31,36H,16-19,22-23H2,1-4H3,(H,37,39). The number of hydrogen-bond donors (Lipinski definition) is 2. The van der Waals surface area contributed by atoms with Crippen molar-refractivity contribution in [2.75, 3.05) is 44.2 Å². The van der Waals surface area contributed by atoms with Gasteiger partial charge in [-0.1, -0.05) is 66.7 Å². The lowest BCUT2D eigenvalue weighted by molar-refractivity contribution is 0.00578. The van der Waals surface area contributed by atoms with Gasteiger partial charge in [-0.3, -0.25) is 0 Å². The van der Waals surface area contributed by atoms with Crippen LogP contribution in [0.15, 0.2) is 78.3 Å². The Morgan fingerprint density at radius 2 is 1.57 bits per heavy atom.